The second-order valence-corrected chi connectivity index (χ2v) is 3.98. The van der Waals surface area contributed by atoms with E-state index < -0.39 is 10.7 Å². The van der Waals surface area contributed by atoms with Gasteiger partial charge in [-0.25, -0.2) is 0 Å². The number of nitrogens with zero attached hydrogens (tertiary/aromatic N) is 1. The topological polar surface area (TPSA) is 77.3 Å². The van der Waals surface area contributed by atoms with Gasteiger partial charge in [-0.1, -0.05) is 0 Å². The summed E-state index contributed by atoms with van der Waals surface area (Å²) in [7, 11) is 0. The van der Waals surface area contributed by atoms with E-state index in [0.717, 1.165) is 0 Å². The van der Waals surface area contributed by atoms with Crippen molar-refractivity contribution in [3.05, 3.63) is 36.9 Å². The third-order valence-electron chi connectivity index (χ3n) is 1.82. The summed E-state index contributed by atoms with van der Waals surface area (Å²) in [4.78, 5) is 31.7. The molecular formula is C9H6INO4. The van der Waals surface area contributed by atoms with E-state index >= 15 is 0 Å². The Morgan fingerprint density at radius 3 is 2.53 bits per heavy atom. The van der Waals surface area contributed by atoms with Gasteiger partial charge in [0.2, 0.25) is 0 Å². The Kier molecular flexibility index (Phi) is 3.51. The molecule has 0 amide bonds. The van der Waals surface area contributed by atoms with Crippen LogP contribution < -0.4 is 0 Å². The van der Waals surface area contributed by atoms with Crippen LogP contribution in [0, 0.1) is 13.7 Å². The number of ketones is 1. The fourth-order valence-corrected chi connectivity index (χ4v) is 1.68. The van der Waals surface area contributed by atoms with Crippen molar-refractivity contribution in [2.75, 3.05) is 0 Å². The van der Waals surface area contributed by atoms with E-state index in [4.69, 9.17) is 0 Å². The fourth-order valence-electron chi connectivity index (χ4n) is 1.10. The van der Waals surface area contributed by atoms with Crippen molar-refractivity contribution in [2.24, 2.45) is 0 Å². The Bertz CT molecular complexity index is 456. The van der Waals surface area contributed by atoms with Crippen molar-refractivity contribution in [3.63, 3.8) is 0 Å². The van der Waals surface area contributed by atoms with E-state index in [2.05, 4.69) is 0 Å². The minimum atomic E-state index is -0.631. The Hall–Kier alpha value is -1.31. The van der Waals surface area contributed by atoms with Crippen molar-refractivity contribution >= 4 is 40.3 Å². The van der Waals surface area contributed by atoms with Gasteiger partial charge in [0.25, 0.3) is 5.69 Å². The number of carbonyl (C=O) groups is 2. The Labute approximate surface area is 98.8 Å². The normalized spacial score (nSPS) is 9.73. The van der Waals surface area contributed by atoms with Crippen LogP contribution in [0.3, 0.4) is 0 Å². The first kappa shape index (κ1) is 11.8. The second kappa shape index (κ2) is 4.47. The summed E-state index contributed by atoms with van der Waals surface area (Å²) < 4.78 is 0.458. The Morgan fingerprint density at radius 1 is 1.53 bits per heavy atom. The highest BCUT2D eigenvalue weighted by Crippen LogP contribution is 2.24. The second-order valence-electron chi connectivity index (χ2n) is 2.82. The lowest BCUT2D eigenvalue weighted by atomic mass is 10.1. The van der Waals surface area contributed by atoms with E-state index in [1.165, 1.54) is 19.1 Å². The summed E-state index contributed by atoms with van der Waals surface area (Å²) >= 11 is 1.81. The standard InChI is InChI=1S/C9H6INO4/c1-5(13)7-2-6(4-12)8(10)3-9(7)11(14)15/h2-4H,1H3. The van der Waals surface area contributed by atoms with E-state index in [9.17, 15) is 19.7 Å². The first-order valence-electron chi connectivity index (χ1n) is 3.91. The molecule has 0 aliphatic rings. The van der Waals surface area contributed by atoms with Crippen LogP contribution in [-0.4, -0.2) is 17.0 Å². The smallest absolute Gasteiger partial charge is 0.281 e. The lowest BCUT2D eigenvalue weighted by molar-refractivity contribution is -0.385. The molecule has 0 N–H and O–H groups in total. The van der Waals surface area contributed by atoms with Gasteiger partial charge in [0, 0.05) is 15.2 Å². The molecular weight excluding hydrogens is 313 g/mol. The number of nitro benzene ring substituents is 1. The average molecular weight is 319 g/mol. The zero-order valence-corrected chi connectivity index (χ0v) is 9.85. The number of nitro groups is 1. The third-order valence-corrected chi connectivity index (χ3v) is 2.75. The predicted molar refractivity (Wildman–Crippen MR) is 61.2 cm³/mol. The zero-order chi connectivity index (χ0) is 11.6. The van der Waals surface area contributed by atoms with Crippen molar-refractivity contribution in [1.29, 1.82) is 0 Å². The molecule has 78 valence electrons. The molecule has 15 heavy (non-hydrogen) atoms. The van der Waals surface area contributed by atoms with Crippen molar-refractivity contribution in [3.8, 4) is 0 Å². The summed E-state index contributed by atoms with van der Waals surface area (Å²) in [6.45, 7) is 1.23. The van der Waals surface area contributed by atoms with Gasteiger partial charge in [-0.15, -0.1) is 0 Å². The SMILES string of the molecule is CC(=O)c1cc(C=O)c(I)cc1[N+](=O)[O-]. The quantitative estimate of drug-likeness (QED) is 0.281. The van der Waals surface area contributed by atoms with Crippen LogP contribution >= 0.6 is 22.6 Å². The molecule has 0 unspecified atom stereocenters. The predicted octanol–water partition coefficient (Wildman–Crippen LogP) is 2.21. The van der Waals surface area contributed by atoms with E-state index in [0.29, 0.717) is 9.86 Å². The number of benzene rings is 1. The minimum absolute atomic E-state index is 0.0393. The number of Topliss-reactive ketones (excluding diaryl/α,β-unsaturated/α-hetero) is 1. The molecule has 0 radical (unpaired) electrons. The molecule has 1 rings (SSSR count). The number of aldehydes is 1. The molecule has 0 aliphatic carbocycles. The van der Waals surface area contributed by atoms with Crippen molar-refractivity contribution in [1.82, 2.24) is 0 Å². The molecule has 0 saturated carbocycles. The first-order chi connectivity index (χ1) is 6.97. The number of halogens is 1. The highest BCUT2D eigenvalue weighted by molar-refractivity contribution is 14.1. The Balaban J connectivity index is 3.52. The Morgan fingerprint density at radius 2 is 2.13 bits per heavy atom. The van der Waals surface area contributed by atoms with Gasteiger partial charge in [-0.3, -0.25) is 19.7 Å². The summed E-state index contributed by atoms with van der Waals surface area (Å²) in [5.74, 6) is -0.429. The van der Waals surface area contributed by atoms with Gasteiger partial charge in [-0.2, -0.15) is 0 Å². The molecule has 0 heterocycles. The van der Waals surface area contributed by atoms with Crippen LogP contribution in [0.2, 0.25) is 0 Å². The van der Waals surface area contributed by atoms with Gasteiger partial charge >= 0.3 is 0 Å². The molecule has 5 nitrogen and oxygen atoms in total. The molecule has 0 bridgehead atoms. The van der Waals surface area contributed by atoms with E-state index in [1.807, 2.05) is 22.6 Å². The maximum absolute atomic E-state index is 11.1. The molecule has 0 aliphatic heterocycles. The van der Waals surface area contributed by atoms with Crippen LogP contribution in [0.1, 0.15) is 27.6 Å². The molecule has 6 heteroatoms. The molecule has 0 fully saturated rings. The number of hydrogen-bond donors (Lipinski definition) is 0. The molecule has 0 saturated heterocycles. The van der Waals surface area contributed by atoms with Gasteiger partial charge in [0.05, 0.1) is 10.5 Å². The van der Waals surface area contributed by atoms with Crippen molar-refractivity contribution in [2.45, 2.75) is 6.92 Å². The highest BCUT2D eigenvalue weighted by Gasteiger charge is 2.19. The molecule has 0 spiro atoms. The largest absolute Gasteiger partial charge is 0.298 e. The van der Waals surface area contributed by atoms with Crippen LogP contribution in [0.15, 0.2) is 12.1 Å². The third kappa shape index (κ3) is 2.38. The maximum Gasteiger partial charge on any atom is 0.281 e. The zero-order valence-electron chi connectivity index (χ0n) is 7.69. The van der Waals surface area contributed by atoms with Gasteiger partial charge < -0.3 is 0 Å². The van der Waals surface area contributed by atoms with Gasteiger partial charge in [0.15, 0.2) is 12.1 Å². The summed E-state index contributed by atoms with van der Waals surface area (Å²) in [5, 5.41) is 10.6. The van der Waals surface area contributed by atoms with Crippen LogP contribution in [0.4, 0.5) is 5.69 Å². The lowest BCUT2D eigenvalue weighted by Gasteiger charge is -2.01. The molecule has 1 aromatic rings. The van der Waals surface area contributed by atoms with Crippen LogP contribution in [0.25, 0.3) is 0 Å². The lowest BCUT2D eigenvalue weighted by Crippen LogP contribution is -2.03. The van der Waals surface area contributed by atoms with Crippen molar-refractivity contribution < 1.29 is 14.5 Å². The number of hydrogen-bond acceptors (Lipinski definition) is 4. The molecule has 1 aromatic carbocycles. The molecule has 0 aromatic heterocycles. The van der Waals surface area contributed by atoms with Gasteiger partial charge in [0.1, 0.15) is 0 Å². The van der Waals surface area contributed by atoms with Crippen LogP contribution in [0.5, 0.6) is 0 Å². The summed E-state index contributed by atoms with van der Waals surface area (Å²) in [6.07, 6.45) is 0.567. The number of rotatable bonds is 3. The maximum atomic E-state index is 11.1. The minimum Gasteiger partial charge on any atom is -0.298 e. The van der Waals surface area contributed by atoms with E-state index in [1.54, 1.807) is 0 Å². The number of carbonyl (C=O) groups excluding carboxylic acids is 2. The summed E-state index contributed by atoms with van der Waals surface area (Å²) in [5.41, 5.74) is -0.0218. The fraction of sp³-hybridized carbons (Fsp3) is 0.111. The molecule has 0 atom stereocenters. The first-order valence-corrected chi connectivity index (χ1v) is 4.99. The van der Waals surface area contributed by atoms with Gasteiger partial charge in [-0.05, 0) is 35.6 Å². The highest BCUT2D eigenvalue weighted by atomic mass is 127. The van der Waals surface area contributed by atoms with Crippen LogP contribution in [-0.2, 0) is 0 Å². The summed E-state index contributed by atoms with van der Waals surface area (Å²) in [6, 6.07) is 2.47. The average Bonchev–Trinajstić information content (AvgIpc) is 2.16. The monoisotopic (exact) mass is 319 g/mol. The van der Waals surface area contributed by atoms with E-state index in [-0.39, 0.29) is 16.8 Å².